The highest BCUT2D eigenvalue weighted by Gasteiger charge is 2.25. The van der Waals surface area contributed by atoms with Gasteiger partial charge in [0, 0.05) is 31.6 Å². The molecule has 0 amide bonds. The van der Waals surface area contributed by atoms with Crippen molar-refractivity contribution >= 4 is 11.8 Å². The molecule has 0 unspecified atom stereocenters. The van der Waals surface area contributed by atoms with Crippen LogP contribution in [0.5, 0.6) is 5.75 Å². The molecular formula is C19H30N2O2. The second-order valence-electron chi connectivity index (χ2n) is 6.60. The van der Waals surface area contributed by atoms with Crippen molar-refractivity contribution in [3.05, 3.63) is 16.8 Å². The molecule has 2 heterocycles. The van der Waals surface area contributed by atoms with Crippen molar-refractivity contribution in [2.45, 2.75) is 72.1 Å². The maximum absolute atomic E-state index is 11.5. The lowest BCUT2D eigenvalue weighted by Crippen LogP contribution is -2.15. The fraction of sp³-hybridized carbons (Fsp3) is 0.684. The Balaban J connectivity index is 2.11. The van der Waals surface area contributed by atoms with Crippen LogP contribution in [0, 0.1) is 6.92 Å². The van der Waals surface area contributed by atoms with E-state index in [-0.39, 0.29) is 5.97 Å². The van der Waals surface area contributed by atoms with Crippen molar-refractivity contribution in [2.75, 3.05) is 18.5 Å². The van der Waals surface area contributed by atoms with E-state index in [9.17, 15) is 4.79 Å². The minimum atomic E-state index is -0.259. The third-order valence-electron chi connectivity index (χ3n) is 4.64. The summed E-state index contributed by atoms with van der Waals surface area (Å²) in [4.78, 5) is 18.5. The van der Waals surface area contributed by atoms with Crippen LogP contribution in [0.3, 0.4) is 0 Å². The summed E-state index contributed by atoms with van der Waals surface area (Å²) < 4.78 is 5.51. The number of fused-ring (bicyclic) bond motifs is 1. The zero-order valence-electron chi connectivity index (χ0n) is 15.1. The van der Waals surface area contributed by atoms with E-state index in [4.69, 9.17) is 9.72 Å². The number of unbranched alkanes of at least 4 members (excludes halogenated alkanes) is 5. The SMILES string of the molecule is CCCCCCCCc1nc2c(c(C)c1OC(C)=O)CCN2C. The summed E-state index contributed by atoms with van der Waals surface area (Å²) in [5.74, 6) is 1.52. The molecule has 0 aromatic carbocycles. The number of ether oxygens (including phenoxy) is 1. The van der Waals surface area contributed by atoms with E-state index in [0.717, 1.165) is 42.9 Å². The second-order valence-corrected chi connectivity index (χ2v) is 6.60. The van der Waals surface area contributed by atoms with E-state index >= 15 is 0 Å². The maximum atomic E-state index is 11.5. The van der Waals surface area contributed by atoms with Gasteiger partial charge in [-0.2, -0.15) is 0 Å². The Morgan fingerprint density at radius 1 is 1.22 bits per heavy atom. The molecule has 2 rings (SSSR count). The topological polar surface area (TPSA) is 42.4 Å². The number of anilines is 1. The fourth-order valence-corrected chi connectivity index (χ4v) is 3.29. The minimum Gasteiger partial charge on any atom is -0.424 e. The van der Waals surface area contributed by atoms with Gasteiger partial charge in [-0.15, -0.1) is 0 Å². The monoisotopic (exact) mass is 318 g/mol. The van der Waals surface area contributed by atoms with Crippen molar-refractivity contribution in [3.8, 4) is 5.75 Å². The molecule has 23 heavy (non-hydrogen) atoms. The molecule has 128 valence electrons. The molecule has 0 radical (unpaired) electrons. The standard InChI is InChI=1S/C19H30N2O2/c1-5-6-7-8-9-10-11-17-18(23-15(3)22)14(2)16-12-13-21(4)19(16)20-17/h5-13H2,1-4H3. The van der Waals surface area contributed by atoms with Gasteiger partial charge in [-0.3, -0.25) is 4.79 Å². The number of esters is 1. The Morgan fingerprint density at radius 2 is 1.91 bits per heavy atom. The van der Waals surface area contributed by atoms with Crippen molar-refractivity contribution in [1.82, 2.24) is 4.98 Å². The molecular weight excluding hydrogens is 288 g/mol. The summed E-state index contributed by atoms with van der Waals surface area (Å²) in [5.41, 5.74) is 3.27. The Hall–Kier alpha value is -1.58. The molecule has 4 nitrogen and oxygen atoms in total. The molecule has 1 aromatic rings. The third kappa shape index (κ3) is 4.46. The molecule has 0 aliphatic carbocycles. The summed E-state index contributed by atoms with van der Waals surface area (Å²) in [6, 6.07) is 0. The molecule has 1 aliphatic rings. The molecule has 0 spiro atoms. The lowest BCUT2D eigenvalue weighted by molar-refractivity contribution is -0.132. The van der Waals surface area contributed by atoms with Crippen LogP contribution in [0.2, 0.25) is 0 Å². The summed E-state index contributed by atoms with van der Waals surface area (Å²) in [7, 11) is 2.08. The van der Waals surface area contributed by atoms with Gasteiger partial charge >= 0.3 is 5.97 Å². The van der Waals surface area contributed by atoms with Crippen molar-refractivity contribution in [2.24, 2.45) is 0 Å². The Bertz CT molecular complexity index is 555. The highest BCUT2D eigenvalue weighted by molar-refractivity contribution is 5.71. The highest BCUT2D eigenvalue weighted by atomic mass is 16.5. The van der Waals surface area contributed by atoms with E-state index in [1.165, 1.54) is 44.6 Å². The van der Waals surface area contributed by atoms with Crippen LogP contribution in [-0.2, 0) is 17.6 Å². The van der Waals surface area contributed by atoms with Crippen LogP contribution in [-0.4, -0.2) is 24.5 Å². The van der Waals surface area contributed by atoms with E-state index in [1.807, 2.05) is 0 Å². The molecule has 1 aromatic heterocycles. The van der Waals surface area contributed by atoms with E-state index < -0.39 is 0 Å². The number of carbonyl (C=O) groups excluding carboxylic acids is 1. The minimum absolute atomic E-state index is 0.259. The first kappa shape index (κ1) is 17.8. The van der Waals surface area contributed by atoms with Crippen molar-refractivity contribution in [3.63, 3.8) is 0 Å². The van der Waals surface area contributed by atoms with Crippen LogP contribution in [0.1, 0.15) is 69.2 Å². The summed E-state index contributed by atoms with van der Waals surface area (Å²) in [5, 5.41) is 0. The Kier molecular flexibility index (Phi) is 6.43. The molecule has 0 fully saturated rings. The number of aromatic nitrogens is 1. The molecule has 0 atom stereocenters. The Morgan fingerprint density at radius 3 is 2.61 bits per heavy atom. The van der Waals surface area contributed by atoms with Gasteiger partial charge in [0.2, 0.25) is 0 Å². The quantitative estimate of drug-likeness (QED) is 0.532. The number of nitrogens with zero attached hydrogens (tertiary/aromatic N) is 2. The predicted octanol–water partition coefficient (Wildman–Crippen LogP) is 4.21. The number of likely N-dealkylation sites (N-methyl/N-ethyl adjacent to an activating group) is 1. The first-order valence-electron chi connectivity index (χ1n) is 8.96. The van der Waals surface area contributed by atoms with Gasteiger partial charge in [-0.25, -0.2) is 4.98 Å². The second kappa shape index (κ2) is 8.32. The summed E-state index contributed by atoms with van der Waals surface area (Å²) in [6.07, 6.45) is 9.37. The highest BCUT2D eigenvalue weighted by Crippen LogP contribution is 2.36. The smallest absolute Gasteiger partial charge is 0.308 e. The van der Waals surface area contributed by atoms with Gasteiger partial charge in [0.05, 0.1) is 5.69 Å². The predicted molar refractivity (Wildman–Crippen MR) is 94.3 cm³/mol. The summed E-state index contributed by atoms with van der Waals surface area (Å²) >= 11 is 0. The molecule has 1 aliphatic heterocycles. The van der Waals surface area contributed by atoms with Crippen molar-refractivity contribution < 1.29 is 9.53 Å². The van der Waals surface area contributed by atoms with Gasteiger partial charge < -0.3 is 9.64 Å². The first-order valence-corrected chi connectivity index (χ1v) is 8.96. The van der Waals surface area contributed by atoms with Gasteiger partial charge in [0.1, 0.15) is 5.82 Å². The zero-order valence-corrected chi connectivity index (χ0v) is 15.1. The third-order valence-corrected chi connectivity index (χ3v) is 4.64. The van der Waals surface area contributed by atoms with E-state index in [2.05, 4.69) is 25.8 Å². The largest absolute Gasteiger partial charge is 0.424 e. The van der Waals surface area contributed by atoms with Crippen LogP contribution in [0.4, 0.5) is 5.82 Å². The average Bonchev–Trinajstić information content (AvgIpc) is 2.87. The van der Waals surface area contributed by atoms with Crippen molar-refractivity contribution in [1.29, 1.82) is 0 Å². The normalized spacial score (nSPS) is 13.3. The molecule has 0 saturated heterocycles. The van der Waals surface area contributed by atoms with Crippen LogP contribution in [0.15, 0.2) is 0 Å². The maximum Gasteiger partial charge on any atom is 0.308 e. The lowest BCUT2D eigenvalue weighted by atomic mass is 10.0. The van der Waals surface area contributed by atoms with Crippen LogP contribution < -0.4 is 9.64 Å². The number of carbonyl (C=O) groups is 1. The van der Waals surface area contributed by atoms with Crippen LogP contribution >= 0.6 is 0 Å². The van der Waals surface area contributed by atoms with Crippen LogP contribution in [0.25, 0.3) is 0 Å². The number of aryl methyl sites for hydroxylation is 1. The molecule has 0 N–H and O–H groups in total. The fourth-order valence-electron chi connectivity index (χ4n) is 3.29. The van der Waals surface area contributed by atoms with Gasteiger partial charge in [0.25, 0.3) is 0 Å². The van der Waals surface area contributed by atoms with Gasteiger partial charge in [0.15, 0.2) is 5.75 Å². The number of hydrogen-bond donors (Lipinski definition) is 0. The average molecular weight is 318 g/mol. The summed E-state index contributed by atoms with van der Waals surface area (Å²) in [6.45, 7) is 6.75. The van der Waals surface area contributed by atoms with Gasteiger partial charge in [-0.05, 0) is 26.2 Å². The number of pyridine rings is 1. The Labute approximate surface area is 140 Å². The molecule has 0 saturated carbocycles. The molecule has 4 heteroatoms. The number of hydrogen-bond acceptors (Lipinski definition) is 4. The van der Waals surface area contributed by atoms with Gasteiger partial charge in [-0.1, -0.05) is 39.0 Å². The molecule has 0 bridgehead atoms. The number of rotatable bonds is 8. The van der Waals surface area contributed by atoms with E-state index in [0.29, 0.717) is 5.75 Å². The first-order chi connectivity index (χ1) is 11.0. The van der Waals surface area contributed by atoms with E-state index in [1.54, 1.807) is 0 Å². The lowest BCUT2D eigenvalue weighted by Gasteiger charge is -2.17. The zero-order chi connectivity index (χ0) is 16.8.